The second kappa shape index (κ2) is 18.3. The average Bonchev–Trinajstić information content (AvgIpc) is 2.84. The Balaban J connectivity index is 2.63. The molecule has 1 aliphatic heterocycles. The zero-order valence-electron chi connectivity index (χ0n) is 26.2. The van der Waals surface area contributed by atoms with Crippen molar-refractivity contribution in [2.24, 2.45) is 0 Å². The molecule has 1 heterocycles. The molecule has 246 valence electrons. The monoisotopic (exact) mass is 617 g/mol. The van der Waals surface area contributed by atoms with E-state index in [4.69, 9.17) is 28.4 Å². The number of esters is 3. The molecule has 0 saturated carbocycles. The number of carbonyl (C=O) groups excluding carboxylic acids is 6. The first-order valence-electron chi connectivity index (χ1n) is 14.3. The van der Waals surface area contributed by atoms with Crippen molar-refractivity contribution < 1.29 is 57.2 Å². The summed E-state index contributed by atoms with van der Waals surface area (Å²) in [7, 11) is 0. The number of amides is 3. The summed E-state index contributed by atoms with van der Waals surface area (Å²) in [5.41, 5.74) is -0.577. The molecule has 1 aliphatic rings. The Morgan fingerprint density at radius 1 is 0.837 bits per heavy atom. The number of hydrogen-bond acceptors (Lipinski definition) is 12. The van der Waals surface area contributed by atoms with E-state index in [0.717, 1.165) is 13.8 Å². The third-order valence-electron chi connectivity index (χ3n) is 5.72. The highest BCUT2D eigenvalue weighted by atomic mass is 16.8. The van der Waals surface area contributed by atoms with Crippen molar-refractivity contribution in [2.75, 3.05) is 26.3 Å². The standard InChI is InChI=1S/C28H47N3O12/c1-18(32)31-24-25(40-22(17-39-19(2)33)16-28(24,41-20(3)34)42-21(4)35)38-15-10-8-9-12-23(36)29-13-11-14-30-26(37)43-27(5,6)7/h22,24-25H,8-17H2,1-7H3,(H,29,36)(H,30,37)(H,31,32). The summed E-state index contributed by atoms with van der Waals surface area (Å²) in [5, 5.41) is 8.02. The van der Waals surface area contributed by atoms with Gasteiger partial charge in [0.1, 0.15) is 18.3 Å². The SMILES string of the molecule is CC(=O)NC1C(OCCCCCC(=O)NCCCNC(=O)OC(C)(C)C)OC(COC(C)=O)CC1(OC(C)=O)OC(C)=O. The highest BCUT2D eigenvalue weighted by Crippen LogP contribution is 2.35. The molecular formula is C28H47N3O12. The van der Waals surface area contributed by atoms with Crippen LogP contribution < -0.4 is 16.0 Å². The first kappa shape index (κ1) is 37.6. The fourth-order valence-electron chi connectivity index (χ4n) is 4.20. The van der Waals surface area contributed by atoms with E-state index in [2.05, 4.69) is 16.0 Å². The van der Waals surface area contributed by atoms with E-state index >= 15 is 0 Å². The van der Waals surface area contributed by atoms with Gasteiger partial charge in [-0.2, -0.15) is 0 Å². The van der Waals surface area contributed by atoms with E-state index < -0.39 is 59.7 Å². The van der Waals surface area contributed by atoms with Gasteiger partial charge in [-0.05, 0) is 40.0 Å². The largest absolute Gasteiger partial charge is 0.463 e. The Kier molecular flexibility index (Phi) is 16.0. The molecule has 0 aliphatic carbocycles. The molecule has 0 aromatic carbocycles. The molecule has 3 atom stereocenters. The topological polar surface area (TPSA) is 194 Å². The first-order chi connectivity index (χ1) is 20.0. The molecule has 0 bridgehead atoms. The number of rotatable bonds is 16. The van der Waals surface area contributed by atoms with Gasteiger partial charge in [-0.1, -0.05) is 6.42 Å². The minimum atomic E-state index is -1.97. The van der Waals surface area contributed by atoms with Gasteiger partial charge in [0.15, 0.2) is 12.3 Å². The van der Waals surface area contributed by atoms with Gasteiger partial charge in [0.25, 0.3) is 5.79 Å². The van der Waals surface area contributed by atoms with Crippen LogP contribution in [-0.4, -0.2) is 91.9 Å². The molecule has 43 heavy (non-hydrogen) atoms. The summed E-state index contributed by atoms with van der Waals surface area (Å²) < 4.78 is 32.9. The van der Waals surface area contributed by atoms with Crippen LogP contribution in [0.1, 0.15) is 87.0 Å². The molecule has 0 aromatic rings. The van der Waals surface area contributed by atoms with Gasteiger partial charge in [0.05, 0.1) is 6.42 Å². The zero-order valence-corrected chi connectivity index (χ0v) is 26.2. The third kappa shape index (κ3) is 16.1. The minimum absolute atomic E-state index is 0.125. The summed E-state index contributed by atoms with van der Waals surface area (Å²) in [6, 6.07) is -1.22. The van der Waals surface area contributed by atoms with E-state index in [1.807, 2.05) is 0 Å². The highest BCUT2D eigenvalue weighted by Gasteiger charge is 2.57. The Morgan fingerprint density at radius 2 is 1.47 bits per heavy atom. The van der Waals surface area contributed by atoms with Crippen molar-refractivity contribution in [3.8, 4) is 0 Å². The number of unbranched alkanes of at least 4 members (excludes halogenated alkanes) is 2. The molecule has 3 amide bonds. The van der Waals surface area contributed by atoms with Gasteiger partial charge < -0.3 is 44.4 Å². The van der Waals surface area contributed by atoms with Crippen LogP contribution >= 0.6 is 0 Å². The molecule has 1 rings (SSSR count). The summed E-state index contributed by atoms with van der Waals surface area (Å²) >= 11 is 0. The summed E-state index contributed by atoms with van der Waals surface area (Å²) in [4.78, 5) is 71.2. The molecule has 3 N–H and O–H groups in total. The van der Waals surface area contributed by atoms with Crippen molar-refractivity contribution >= 4 is 35.8 Å². The molecule has 0 aromatic heterocycles. The van der Waals surface area contributed by atoms with E-state index in [1.165, 1.54) is 13.8 Å². The second-order valence-electron chi connectivity index (χ2n) is 11.1. The van der Waals surface area contributed by atoms with Crippen LogP contribution in [0.5, 0.6) is 0 Å². The van der Waals surface area contributed by atoms with Gasteiger partial charge in [0, 0.05) is 53.8 Å². The summed E-state index contributed by atoms with van der Waals surface area (Å²) in [6.45, 7) is 10.7. The van der Waals surface area contributed by atoms with Crippen LogP contribution in [0, 0.1) is 0 Å². The lowest BCUT2D eigenvalue weighted by molar-refractivity contribution is -0.323. The number of alkyl carbamates (subject to hydrolysis) is 1. The Hall–Kier alpha value is -3.46. The minimum Gasteiger partial charge on any atom is -0.463 e. The van der Waals surface area contributed by atoms with E-state index in [-0.39, 0.29) is 25.5 Å². The first-order valence-corrected chi connectivity index (χ1v) is 14.3. The van der Waals surface area contributed by atoms with Crippen LogP contribution in [-0.2, 0) is 52.4 Å². The fourth-order valence-corrected chi connectivity index (χ4v) is 4.20. The molecule has 1 fully saturated rings. The highest BCUT2D eigenvalue weighted by molar-refractivity contribution is 5.76. The average molecular weight is 618 g/mol. The van der Waals surface area contributed by atoms with E-state index in [0.29, 0.717) is 45.2 Å². The van der Waals surface area contributed by atoms with E-state index in [1.54, 1.807) is 20.8 Å². The zero-order chi connectivity index (χ0) is 32.6. The summed E-state index contributed by atoms with van der Waals surface area (Å²) in [6.07, 6.45) is -0.288. The predicted molar refractivity (Wildman–Crippen MR) is 150 cm³/mol. The van der Waals surface area contributed by atoms with Crippen LogP contribution in [0.25, 0.3) is 0 Å². The van der Waals surface area contributed by atoms with Crippen LogP contribution in [0.4, 0.5) is 4.79 Å². The van der Waals surface area contributed by atoms with Crippen molar-refractivity contribution in [1.82, 2.24) is 16.0 Å². The van der Waals surface area contributed by atoms with Crippen molar-refractivity contribution in [2.45, 2.75) is 117 Å². The van der Waals surface area contributed by atoms with Gasteiger partial charge in [-0.25, -0.2) is 4.79 Å². The second-order valence-corrected chi connectivity index (χ2v) is 11.1. The molecular weight excluding hydrogens is 570 g/mol. The van der Waals surface area contributed by atoms with Gasteiger partial charge in [0.2, 0.25) is 11.8 Å². The Labute approximate surface area is 252 Å². The lowest BCUT2D eigenvalue weighted by atomic mass is 9.95. The maximum absolute atomic E-state index is 12.1. The summed E-state index contributed by atoms with van der Waals surface area (Å²) in [5.74, 6) is -4.74. The van der Waals surface area contributed by atoms with Crippen molar-refractivity contribution in [1.29, 1.82) is 0 Å². The van der Waals surface area contributed by atoms with Gasteiger partial charge >= 0.3 is 24.0 Å². The molecule has 0 radical (unpaired) electrons. The Bertz CT molecular complexity index is 949. The molecule has 0 spiro atoms. The maximum atomic E-state index is 12.1. The number of carbonyl (C=O) groups is 6. The molecule has 3 unspecified atom stereocenters. The molecule has 15 nitrogen and oxygen atoms in total. The Morgan fingerprint density at radius 3 is 2.02 bits per heavy atom. The van der Waals surface area contributed by atoms with Crippen molar-refractivity contribution in [3.63, 3.8) is 0 Å². The fraction of sp³-hybridized carbons (Fsp3) is 0.786. The smallest absolute Gasteiger partial charge is 0.407 e. The molecule has 15 heteroatoms. The predicted octanol–water partition coefficient (Wildman–Crippen LogP) is 1.60. The lowest BCUT2D eigenvalue weighted by Gasteiger charge is -2.47. The third-order valence-corrected chi connectivity index (χ3v) is 5.72. The quantitative estimate of drug-likeness (QED) is 0.0982. The molecule has 1 saturated heterocycles. The van der Waals surface area contributed by atoms with Gasteiger partial charge in [-0.3, -0.25) is 24.0 Å². The normalized spacial score (nSPS) is 19.4. The number of ether oxygens (including phenoxy) is 6. The maximum Gasteiger partial charge on any atom is 0.407 e. The van der Waals surface area contributed by atoms with Crippen molar-refractivity contribution in [3.05, 3.63) is 0 Å². The van der Waals surface area contributed by atoms with Gasteiger partial charge in [-0.15, -0.1) is 0 Å². The lowest BCUT2D eigenvalue weighted by Crippen LogP contribution is -2.68. The van der Waals surface area contributed by atoms with Crippen LogP contribution in [0.3, 0.4) is 0 Å². The van der Waals surface area contributed by atoms with Crippen LogP contribution in [0.15, 0.2) is 0 Å². The van der Waals surface area contributed by atoms with E-state index in [9.17, 15) is 28.8 Å². The van der Waals surface area contributed by atoms with Crippen LogP contribution in [0.2, 0.25) is 0 Å². The number of hydrogen-bond donors (Lipinski definition) is 3. The number of nitrogens with one attached hydrogen (secondary N) is 3.